The lowest BCUT2D eigenvalue weighted by Crippen LogP contribution is -2.28. The van der Waals surface area contributed by atoms with E-state index in [0.717, 1.165) is 33.4 Å². The Morgan fingerprint density at radius 3 is 1.21 bits per heavy atom. The van der Waals surface area contributed by atoms with Gasteiger partial charge in [-0.1, -0.05) is 166 Å². The fraction of sp³-hybridized carbons (Fsp3) is 0.492. The molecule has 0 spiro atoms. The summed E-state index contributed by atoms with van der Waals surface area (Å²) in [5, 5.41) is 14.0. The van der Waals surface area contributed by atoms with E-state index in [1.807, 2.05) is 120 Å². The Labute approximate surface area is 460 Å². The van der Waals surface area contributed by atoms with Gasteiger partial charge in [0, 0.05) is 51.4 Å². The first-order valence-corrected chi connectivity index (χ1v) is 24.8. The van der Waals surface area contributed by atoms with Crippen LogP contribution in [0.25, 0.3) is 0 Å². The Morgan fingerprint density at radius 1 is 0.569 bits per heavy atom. The van der Waals surface area contributed by atoms with Crippen molar-refractivity contribution in [1.82, 2.24) is 10.6 Å². The molecule has 7 heteroatoms. The van der Waals surface area contributed by atoms with Gasteiger partial charge >= 0.3 is 0 Å². The molecule has 0 fully saturated rings. The van der Waals surface area contributed by atoms with Crippen molar-refractivity contribution < 1.29 is 40.1 Å². The van der Waals surface area contributed by atoms with E-state index in [-0.39, 0.29) is 67.0 Å². The third kappa shape index (κ3) is 26.8. The number of carbonyl (C=O) groups is 3. The van der Waals surface area contributed by atoms with E-state index in [4.69, 9.17) is 31.4 Å². The van der Waals surface area contributed by atoms with Crippen molar-refractivity contribution >= 4 is 17.7 Å². The van der Waals surface area contributed by atoms with Crippen LogP contribution in [0.15, 0.2) is 176 Å². The summed E-state index contributed by atoms with van der Waals surface area (Å²) < 4.78 is 120. The quantitative estimate of drug-likeness (QED) is 0.0807. The van der Waals surface area contributed by atoms with E-state index in [9.17, 15) is 14.4 Å². The highest BCUT2D eigenvalue weighted by atomic mass is 16.3. The number of carbonyl (C=O) groups excluding carboxylic acids is 3. The lowest BCUT2D eigenvalue weighted by atomic mass is 9.72. The van der Waals surface area contributed by atoms with Gasteiger partial charge in [0.25, 0.3) is 0 Å². The average Bonchev–Trinajstić information content (AvgIpc) is 0.808. The topological polar surface area (TPSA) is 122 Å². The van der Waals surface area contributed by atoms with E-state index in [1.165, 1.54) is 18.2 Å². The summed E-state index contributed by atoms with van der Waals surface area (Å²) in [4.78, 5) is 34.1. The number of amides is 3. The van der Waals surface area contributed by atoms with Gasteiger partial charge in [-0.25, -0.2) is 0 Å². The van der Waals surface area contributed by atoms with Gasteiger partial charge in [0.05, 0.1) is 6.61 Å². The van der Waals surface area contributed by atoms with Gasteiger partial charge in [-0.3, -0.25) is 14.4 Å². The molecule has 0 atom stereocenters. The molecule has 0 bridgehead atoms. The minimum absolute atomic E-state index is 0.0826. The van der Waals surface area contributed by atoms with E-state index >= 15 is 0 Å². The third-order valence-corrected chi connectivity index (χ3v) is 11.8. The summed E-state index contributed by atoms with van der Waals surface area (Å²) in [6, 6.07) is 0.0853. The zero-order chi connectivity index (χ0) is 67.5. The van der Waals surface area contributed by atoms with Crippen molar-refractivity contribution in [2.75, 3.05) is 13.2 Å². The molecule has 0 saturated heterocycles. The van der Waals surface area contributed by atoms with Gasteiger partial charge in [-0.2, -0.15) is 0 Å². The predicted molar refractivity (Wildman–Crippen MR) is 311 cm³/mol. The van der Waals surface area contributed by atoms with Crippen molar-refractivity contribution in [2.24, 2.45) is 22.0 Å². The normalized spacial score (nSPS) is 25.2. The molecule has 72 heavy (non-hydrogen) atoms. The molecule has 0 heterocycles. The summed E-state index contributed by atoms with van der Waals surface area (Å²) in [7, 11) is 0. The Balaban J connectivity index is 0.000000654. The molecule has 0 aromatic heterocycles. The molecule has 3 aliphatic rings. The maximum absolute atomic E-state index is 11.7. The predicted octanol–water partition coefficient (Wildman–Crippen LogP) is 15.7. The number of nitrogens with one attached hydrogen (secondary N) is 2. The Kier molecular flexibility index (Phi) is 19.4. The number of primary amides is 1. The molecule has 3 aliphatic carbocycles. The number of hydrogen-bond donors (Lipinski definition) is 4. The first-order valence-electron chi connectivity index (χ1n) is 32.3. The fourth-order valence-corrected chi connectivity index (χ4v) is 7.34. The molecule has 0 aromatic rings. The van der Waals surface area contributed by atoms with Crippen molar-refractivity contribution in [1.29, 1.82) is 0 Å². The summed E-state index contributed by atoms with van der Waals surface area (Å²) in [5.41, 5.74) is 10.1. The first-order chi connectivity index (χ1) is 39.4. The minimum Gasteiger partial charge on any atom is -0.395 e. The Morgan fingerprint density at radius 2 is 0.903 bits per heavy atom. The third-order valence-electron chi connectivity index (χ3n) is 11.8. The van der Waals surface area contributed by atoms with Gasteiger partial charge in [0.1, 0.15) is 0 Å². The highest BCUT2D eigenvalue weighted by molar-refractivity contribution is 5.89. The molecule has 5 N–H and O–H groups in total. The van der Waals surface area contributed by atoms with E-state index in [1.54, 1.807) is 68.5 Å². The zero-order valence-electron chi connectivity index (χ0n) is 60.9. The van der Waals surface area contributed by atoms with Crippen LogP contribution in [0.4, 0.5) is 0 Å². The van der Waals surface area contributed by atoms with E-state index in [0.29, 0.717) is 36.0 Å². The fourth-order valence-electron chi connectivity index (χ4n) is 7.34. The molecule has 0 aromatic carbocycles. The van der Waals surface area contributed by atoms with Crippen molar-refractivity contribution in [3.8, 4) is 0 Å². The van der Waals surface area contributed by atoms with Crippen LogP contribution in [0.5, 0.6) is 0 Å². The number of aliphatic hydroxyl groups is 1. The Bertz CT molecular complexity index is 2930. The number of allylic oxidation sites excluding steroid dienone is 27. The second kappa shape index (κ2) is 32.5. The average molecular weight is 1000 g/mol. The van der Waals surface area contributed by atoms with Crippen LogP contribution < -0.4 is 16.4 Å². The van der Waals surface area contributed by atoms with Crippen LogP contribution in [-0.4, -0.2) is 42.0 Å². The monoisotopic (exact) mass is 999 g/mol. The molecular weight excluding hydrogens is 887 g/mol. The van der Waals surface area contributed by atoms with Crippen LogP contribution >= 0.6 is 0 Å². The largest absolute Gasteiger partial charge is 0.395 e. The van der Waals surface area contributed by atoms with Crippen LogP contribution in [0, 0.1) is 16.2 Å². The molecule has 396 valence electrons. The highest BCUT2D eigenvalue weighted by Crippen LogP contribution is 2.43. The first kappa shape index (κ1) is 42.9. The Hall–Kier alpha value is -5.53. The van der Waals surface area contributed by atoms with Crippen LogP contribution in [0.1, 0.15) is 196 Å². The number of rotatable bonds is 18. The SMILES string of the molecule is [2H]C([2H])([2H])C1=C(C=CC(C)=CC=CC(C)=CC(=O)NC(C)C)C(C)(C)CCC1([2H])[2H].[2H]C([2H])([2H])C1=C(C=CC(C)=CC=CC(C)=CC(=O)NCCO)C(C)(C)CCC1([2H])[2H].[2H]C([2H])([2H])C1=C(C=CC(C)=CC=CC(C)=CC(N)=O)C(C)(C)CCC1([2H])[2H]. The van der Waals surface area contributed by atoms with E-state index < -0.39 is 61.8 Å². The van der Waals surface area contributed by atoms with Crippen molar-refractivity contribution in [2.45, 2.75) is 181 Å². The van der Waals surface area contributed by atoms with Crippen LogP contribution in [0.2, 0.25) is 0 Å². The molecule has 0 saturated carbocycles. The standard InChI is InChI=1S/C23H35NO.C22H33NO2.C20H29NO/c1-17(2)24-22(25)16-19(4)11-8-10-18(3)13-14-21-20(5)12-9-15-23(21,6)7;1-17(8-6-9-18(2)16-21(25)23-14-15-24)11-12-20-19(3)10-7-13-22(20,4)5;1-15(8-6-9-16(2)14-19(21)22)11-12-18-17(3)10-7-13-20(18,4)5/h8,10-11,13-14,16-17H,9,12,15H2,1-7H3,(H,24,25);6,8-9,11-12,16,24H,7,10,13-15H2,1-5H3,(H,23,25);6,8-9,11-12,14H,7,10,13H2,1-5H3,(H2,21,22)/i5D3,12D2;2*3D3,10D2. The molecule has 0 unspecified atom stereocenters. The molecular formula is C65H97N3O4. The molecule has 0 radical (unpaired) electrons. The molecule has 3 amide bonds. The summed E-state index contributed by atoms with van der Waals surface area (Å²) >= 11 is 0. The van der Waals surface area contributed by atoms with Gasteiger partial charge < -0.3 is 21.5 Å². The summed E-state index contributed by atoms with van der Waals surface area (Å²) in [6.45, 7) is 19.2. The lowest BCUT2D eigenvalue weighted by molar-refractivity contribution is -0.117. The maximum atomic E-state index is 11.7. The minimum atomic E-state index is -2.49. The maximum Gasteiger partial charge on any atom is 0.244 e. The van der Waals surface area contributed by atoms with Gasteiger partial charge in [-0.05, 0) is 183 Å². The lowest BCUT2D eigenvalue weighted by Gasteiger charge is -2.33. The smallest absolute Gasteiger partial charge is 0.244 e. The van der Waals surface area contributed by atoms with E-state index in [2.05, 4.69) is 10.6 Å². The van der Waals surface area contributed by atoms with Gasteiger partial charge in [0.2, 0.25) is 17.7 Å². The second-order valence-electron chi connectivity index (χ2n) is 20.6. The van der Waals surface area contributed by atoms with Crippen LogP contribution in [-0.2, 0) is 14.4 Å². The molecule has 7 nitrogen and oxygen atoms in total. The van der Waals surface area contributed by atoms with Gasteiger partial charge in [0.15, 0.2) is 0 Å². The van der Waals surface area contributed by atoms with Crippen LogP contribution in [0.3, 0.4) is 0 Å². The van der Waals surface area contributed by atoms with Crippen molar-refractivity contribution in [3.63, 3.8) is 0 Å². The highest BCUT2D eigenvalue weighted by Gasteiger charge is 2.28. The number of hydrogen-bond acceptors (Lipinski definition) is 4. The van der Waals surface area contributed by atoms with Gasteiger partial charge in [-0.15, -0.1) is 0 Å². The zero-order valence-corrected chi connectivity index (χ0v) is 45.9. The second-order valence-corrected chi connectivity index (χ2v) is 20.6. The molecule has 3 rings (SSSR count). The summed E-state index contributed by atoms with van der Waals surface area (Å²) in [5.74, 6) is -0.911. The number of nitrogens with two attached hydrogens (primary N) is 1. The number of aliphatic hydroxyl groups excluding tert-OH is 1. The summed E-state index contributed by atoms with van der Waals surface area (Å²) in [6.07, 6.45) is 28.0. The molecule has 0 aliphatic heterocycles. The van der Waals surface area contributed by atoms with Crippen molar-refractivity contribution in [3.05, 3.63) is 176 Å².